The van der Waals surface area contributed by atoms with Gasteiger partial charge in [-0.25, -0.2) is 0 Å². The summed E-state index contributed by atoms with van der Waals surface area (Å²) in [6.45, 7) is 4.94. The van der Waals surface area contributed by atoms with Gasteiger partial charge in [-0.15, -0.1) is 0 Å². The van der Waals surface area contributed by atoms with E-state index < -0.39 is 12.1 Å². The van der Waals surface area contributed by atoms with Gasteiger partial charge in [0.25, 0.3) is 0 Å². The third-order valence-corrected chi connectivity index (χ3v) is 16.2. The molecule has 0 saturated heterocycles. The van der Waals surface area contributed by atoms with Crippen LogP contribution in [0.2, 0.25) is 0 Å². The lowest BCUT2D eigenvalue weighted by Crippen LogP contribution is -2.45. The minimum Gasteiger partial charge on any atom is -0.466 e. The van der Waals surface area contributed by atoms with Crippen molar-refractivity contribution < 1.29 is 24.5 Å². The van der Waals surface area contributed by atoms with Crippen LogP contribution in [0, 0.1) is 0 Å². The highest BCUT2D eigenvalue weighted by Gasteiger charge is 2.18. The molecule has 0 spiro atoms. The molecular weight excluding hydrogens is 935 g/mol. The van der Waals surface area contributed by atoms with Gasteiger partial charge in [0, 0.05) is 12.8 Å². The van der Waals surface area contributed by atoms with Gasteiger partial charge in [-0.2, -0.15) is 0 Å². The number of rotatable bonds is 65. The Bertz CT molecular complexity index is 1190. The molecule has 3 N–H and O–H groups in total. The fourth-order valence-corrected chi connectivity index (χ4v) is 10.9. The molecule has 6 heteroatoms. The molecule has 76 heavy (non-hydrogen) atoms. The molecule has 0 aliphatic rings. The van der Waals surface area contributed by atoms with E-state index in [0.717, 1.165) is 44.9 Å². The van der Waals surface area contributed by atoms with Crippen molar-refractivity contribution in [2.75, 3.05) is 13.2 Å². The maximum atomic E-state index is 12.5. The molecule has 0 bridgehead atoms. The second kappa shape index (κ2) is 65.9. The minimum atomic E-state index is -0.849. The fraction of sp³-hybridized carbons (Fsp3) is 0.914. The summed E-state index contributed by atoms with van der Waals surface area (Å²) in [5, 5.41) is 23.2. The first-order chi connectivity index (χ1) is 37.5. The van der Waals surface area contributed by atoms with Crippen LogP contribution in [0.25, 0.3) is 0 Å². The summed E-state index contributed by atoms with van der Waals surface area (Å²) in [5.74, 6) is -0.0555. The molecule has 0 heterocycles. The number of hydrogen-bond donors (Lipinski definition) is 3. The number of amides is 1. The zero-order chi connectivity index (χ0) is 55.0. The SMILES string of the molecule is CCCCCCCCCCCCCCCCCCCC/C=C/C(O)C(CO)NC(=O)CCCCCCCCC/C=C\CCCCCCCCCCCCCCOC(=O)CCCCCCCCCCCCCCCCCC. The van der Waals surface area contributed by atoms with Crippen LogP contribution in [0.5, 0.6) is 0 Å². The molecule has 450 valence electrons. The third kappa shape index (κ3) is 61.6. The molecule has 0 aliphatic carbocycles. The topological polar surface area (TPSA) is 95.9 Å². The maximum absolute atomic E-state index is 12.5. The molecule has 0 saturated carbocycles. The predicted octanol–water partition coefficient (Wildman–Crippen LogP) is 22.1. The van der Waals surface area contributed by atoms with Gasteiger partial charge >= 0.3 is 5.97 Å². The van der Waals surface area contributed by atoms with Gasteiger partial charge in [0.15, 0.2) is 0 Å². The summed E-state index contributed by atoms with van der Waals surface area (Å²) in [7, 11) is 0. The zero-order valence-electron chi connectivity index (χ0n) is 51.5. The number of carbonyl (C=O) groups is 2. The molecule has 0 aromatic heterocycles. The highest BCUT2D eigenvalue weighted by atomic mass is 16.5. The van der Waals surface area contributed by atoms with Crippen molar-refractivity contribution in [3.63, 3.8) is 0 Å². The number of hydrogen-bond acceptors (Lipinski definition) is 5. The monoisotopic (exact) mass is 1070 g/mol. The number of ether oxygens (including phenoxy) is 1. The molecule has 0 radical (unpaired) electrons. The Balaban J connectivity index is 3.42. The maximum Gasteiger partial charge on any atom is 0.305 e. The van der Waals surface area contributed by atoms with Crippen molar-refractivity contribution >= 4 is 11.9 Å². The van der Waals surface area contributed by atoms with Crippen LogP contribution in [0.1, 0.15) is 386 Å². The molecule has 0 rings (SSSR count). The average Bonchev–Trinajstić information content (AvgIpc) is 3.42. The smallest absolute Gasteiger partial charge is 0.305 e. The highest BCUT2D eigenvalue weighted by molar-refractivity contribution is 5.76. The highest BCUT2D eigenvalue weighted by Crippen LogP contribution is 2.18. The van der Waals surface area contributed by atoms with Crippen molar-refractivity contribution in [1.29, 1.82) is 0 Å². The molecule has 6 nitrogen and oxygen atoms in total. The van der Waals surface area contributed by atoms with Crippen LogP contribution in [-0.4, -0.2) is 47.4 Å². The summed E-state index contributed by atoms with van der Waals surface area (Å²) in [6.07, 6.45) is 82.4. The number of carbonyl (C=O) groups excluding carboxylic acids is 2. The predicted molar refractivity (Wildman–Crippen MR) is 333 cm³/mol. The number of unbranched alkanes of at least 4 members (excludes halogenated alkanes) is 52. The van der Waals surface area contributed by atoms with E-state index in [2.05, 4.69) is 31.3 Å². The number of esters is 1. The second-order valence-electron chi connectivity index (χ2n) is 23.9. The number of aliphatic hydroxyl groups excluding tert-OH is 2. The number of nitrogens with one attached hydrogen (secondary N) is 1. The van der Waals surface area contributed by atoms with Crippen LogP contribution in [0.15, 0.2) is 24.3 Å². The molecule has 2 unspecified atom stereocenters. The van der Waals surface area contributed by atoms with E-state index in [1.54, 1.807) is 6.08 Å². The van der Waals surface area contributed by atoms with E-state index >= 15 is 0 Å². The molecule has 1 amide bonds. The standard InChI is InChI=1S/C70H135NO5/c1-3-5-7-9-11-13-15-17-19-21-22-28-31-34-38-42-46-50-54-58-62-68(73)67(66-72)71-69(74)63-59-55-51-47-43-39-35-32-29-26-24-23-25-27-30-33-37-41-45-49-53-57-61-65-76-70(75)64-60-56-52-48-44-40-36-20-18-16-14-12-10-8-6-4-2/h26,29,58,62,67-68,72-73H,3-25,27-28,30-57,59-61,63-66H2,1-2H3,(H,71,74)/b29-26-,62-58+. The van der Waals surface area contributed by atoms with Crippen LogP contribution in [-0.2, 0) is 14.3 Å². The number of aliphatic hydroxyl groups is 2. The minimum absolute atomic E-state index is 0.0152. The van der Waals surface area contributed by atoms with Crippen molar-refractivity contribution in [2.45, 2.75) is 398 Å². The van der Waals surface area contributed by atoms with Gasteiger partial charge in [0.2, 0.25) is 5.91 Å². The van der Waals surface area contributed by atoms with Crippen LogP contribution < -0.4 is 5.32 Å². The lowest BCUT2D eigenvalue weighted by molar-refractivity contribution is -0.143. The van der Waals surface area contributed by atoms with Crippen LogP contribution >= 0.6 is 0 Å². The summed E-state index contributed by atoms with van der Waals surface area (Å²) >= 11 is 0. The molecule has 2 atom stereocenters. The second-order valence-corrected chi connectivity index (χ2v) is 23.9. The summed E-state index contributed by atoms with van der Waals surface area (Å²) < 4.78 is 5.50. The van der Waals surface area contributed by atoms with E-state index in [1.165, 1.54) is 315 Å². The Morgan fingerprint density at radius 1 is 0.355 bits per heavy atom. The van der Waals surface area contributed by atoms with Crippen molar-refractivity contribution in [1.82, 2.24) is 5.32 Å². The molecule has 0 aromatic carbocycles. The van der Waals surface area contributed by atoms with Gasteiger partial charge in [0.05, 0.1) is 25.4 Å². The van der Waals surface area contributed by atoms with E-state index in [-0.39, 0.29) is 18.5 Å². The molecule has 0 aliphatic heterocycles. The first-order valence-corrected chi connectivity index (χ1v) is 34.6. The Morgan fingerprint density at radius 3 is 0.934 bits per heavy atom. The summed E-state index contributed by atoms with van der Waals surface area (Å²) in [5.41, 5.74) is 0. The van der Waals surface area contributed by atoms with E-state index in [0.29, 0.717) is 19.4 Å². The van der Waals surface area contributed by atoms with Crippen molar-refractivity contribution in [3.8, 4) is 0 Å². The van der Waals surface area contributed by atoms with Crippen LogP contribution in [0.3, 0.4) is 0 Å². The van der Waals surface area contributed by atoms with Gasteiger partial charge in [-0.1, -0.05) is 340 Å². The van der Waals surface area contributed by atoms with E-state index in [1.807, 2.05) is 6.08 Å². The van der Waals surface area contributed by atoms with Crippen molar-refractivity contribution in [3.05, 3.63) is 24.3 Å². The van der Waals surface area contributed by atoms with E-state index in [4.69, 9.17) is 4.74 Å². The largest absolute Gasteiger partial charge is 0.466 e. The fourth-order valence-electron chi connectivity index (χ4n) is 10.9. The molecule has 0 fully saturated rings. The lowest BCUT2D eigenvalue weighted by atomic mass is 10.0. The quantitative estimate of drug-likeness (QED) is 0.0320. The van der Waals surface area contributed by atoms with E-state index in [9.17, 15) is 19.8 Å². The van der Waals surface area contributed by atoms with Crippen molar-refractivity contribution in [2.24, 2.45) is 0 Å². The summed E-state index contributed by atoms with van der Waals surface area (Å²) in [4.78, 5) is 24.6. The normalized spacial score (nSPS) is 12.6. The Hall–Kier alpha value is -1.66. The Labute approximate surface area is 475 Å². The van der Waals surface area contributed by atoms with Gasteiger partial charge in [-0.3, -0.25) is 9.59 Å². The lowest BCUT2D eigenvalue weighted by Gasteiger charge is -2.20. The van der Waals surface area contributed by atoms with Gasteiger partial charge in [-0.05, 0) is 57.8 Å². The molecule has 0 aromatic rings. The first kappa shape index (κ1) is 74.3. The first-order valence-electron chi connectivity index (χ1n) is 34.6. The summed E-state index contributed by atoms with van der Waals surface area (Å²) in [6, 6.07) is -0.633. The van der Waals surface area contributed by atoms with Gasteiger partial charge in [0.1, 0.15) is 0 Å². The average molecular weight is 1070 g/mol. The van der Waals surface area contributed by atoms with Gasteiger partial charge < -0.3 is 20.3 Å². The Kier molecular flexibility index (Phi) is 64.4. The molecular formula is C70H135NO5. The third-order valence-electron chi connectivity index (χ3n) is 16.2. The zero-order valence-corrected chi connectivity index (χ0v) is 51.5. The Morgan fingerprint density at radius 2 is 0.618 bits per heavy atom. The number of allylic oxidation sites excluding steroid dienone is 3. The van der Waals surface area contributed by atoms with Crippen LogP contribution in [0.4, 0.5) is 0 Å².